The Morgan fingerprint density at radius 2 is 1.86 bits per heavy atom. The molecule has 4 N–H and O–H groups in total. The normalized spacial score (nSPS) is 11.2. The lowest BCUT2D eigenvalue weighted by atomic mass is 10.0. The second-order valence-electron chi connectivity index (χ2n) is 5.55. The highest BCUT2D eigenvalue weighted by Crippen LogP contribution is 2.21. The largest absolute Gasteiger partial charge is 0.382 e. The number of hydrogen-bond donors (Lipinski definition) is 3. The molecular weight excluding hydrogens is 321 g/mol. The number of hydrogen-bond acceptors (Lipinski definition) is 3. The molecule has 0 heterocycles. The van der Waals surface area contributed by atoms with Crippen molar-refractivity contribution in [3.05, 3.63) is 29.3 Å². The Morgan fingerprint density at radius 1 is 1.23 bits per heavy atom. The molecule has 0 radical (unpaired) electrons. The van der Waals surface area contributed by atoms with Crippen molar-refractivity contribution in [1.29, 1.82) is 0 Å². The van der Waals surface area contributed by atoms with Crippen molar-refractivity contribution in [3.8, 4) is 0 Å². The van der Waals surface area contributed by atoms with E-state index in [4.69, 9.17) is 5.73 Å². The fraction of sp³-hybridized carbons (Fsp3) is 0.562. The molecule has 0 aliphatic rings. The van der Waals surface area contributed by atoms with Gasteiger partial charge < -0.3 is 16.4 Å². The van der Waals surface area contributed by atoms with E-state index in [9.17, 15) is 4.79 Å². The van der Waals surface area contributed by atoms with Crippen LogP contribution in [0, 0.1) is 12.8 Å². The summed E-state index contributed by atoms with van der Waals surface area (Å²) in [5.41, 5.74) is 8.17. The Hall–Kier alpha value is -0.970. The maximum absolute atomic E-state index is 12.1. The lowest BCUT2D eigenvalue weighted by molar-refractivity contribution is 0.0953. The molecule has 1 aromatic rings. The summed E-state index contributed by atoms with van der Waals surface area (Å²) in [4.78, 5) is 12.1. The van der Waals surface area contributed by atoms with Gasteiger partial charge in [-0.25, -0.2) is 0 Å². The Labute approximate surface area is 146 Å². The van der Waals surface area contributed by atoms with Crippen LogP contribution in [0.15, 0.2) is 18.2 Å². The highest BCUT2D eigenvalue weighted by Gasteiger charge is 2.13. The van der Waals surface area contributed by atoms with Crippen LogP contribution in [-0.4, -0.2) is 25.0 Å². The first-order valence-electron chi connectivity index (χ1n) is 7.31. The molecular formula is C16H29Cl2N3O. The van der Waals surface area contributed by atoms with Gasteiger partial charge in [0.25, 0.3) is 5.91 Å². The van der Waals surface area contributed by atoms with E-state index in [0.29, 0.717) is 25.0 Å². The third-order valence-corrected chi connectivity index (χ3v) is 3.63. The molecule has 128 valence electrons. The van der Waals surface area contributed by atoms with Crippen molar-refractivity contribution >= 4 is 36.4 Å². The molecule has 22 heavy (non-hydrogen) atoms. The van der Waals surface area contributed by atoms with Crippen molar-refractivity contribution < 1.29 is 4.79 Å². The number of rotatable bonds is 7. The van der Waals surface area contributed by atoms with Gasteiger partial charge in [0.1, 0.15) is 0 Å². The van der Waals surface area contributed by atoms with Crippen LogP contribution in [0.5, 0.6) is 0 Å². The standard InChI is InChI=1S/C16H27N3O.2ClH/c1-11(2)13(4)19-15-8-5-7-14(12(15)3)16(20)18-10-6-9-17;;/h5,7-8,11,13,19H,6,9-10,17H2,1-4H3,(H,18,20);2*1H. The molecule has 0 spiro atoms. The summed E-state index contributed by atoms with van der Waals surface area (Å²) in [6.45, 7) is 9.69. The number of nitrogens with one attached hydrogen (secondary N) is 2. The minimum Gasteiger partial charge on any atom is -0.382 e. The van der Waals surface area contributed by atoms with E-state index in [0.717, 1.165) is 23.2 Å². The van der Waals surface area contributed by atoms with Gasteiger partial charge in [-0.1, -0.05) is 19.9 Å². The minimum atomic E-state index is -0.0307. The molecule has 6 heteroatoms. The summed E-state index contributed by atoms with van der Waals surface area (Å²) in [5, 5.41) is 6.37. The predicted molar refractivity (Wildman–Crippen MR) is 99.6 cm³/mol. The molecule has 4 nitrogen and oxygen atoms in total. The van der Waals surface area contributed by atoms with E-state index >= 15 is 0 Å². The topological polar surface area (TPSA) is 67.2 Å². The Bertz CT molecular complexity index is 453. The van der Waals surface area contributed by atoms with Crippen LogP contribution in [0.1, 0.15) is 43.1 Å². The van der Waals surface area contributed by atoms with E-state index in [1.165, 1.54) is 0 Å². The summed E-state index contributed by atoms with van der Waals surface area (Å²) in [5.74, 6) is 0.508. The van der Waals surface area contributed by atoms with Gasteiger partial charge >= 0.3 is 0 Å². The summed E-state index contributed by atoms with van der Waals surface area (Å²) >= 11 is 0. The van der Waals surface area contributed by atoms with Crippen molar-refractivity contribution in [2.24, 2.45) is 11.7 Å². The van der Waals surface area contributed by atoms with Gasteiger partial charge in [0.2, 0.25) is 0 Å². The number of halogens is 2. The van der Waals surface area contributed by atoms with Gasteiger partial charge in [0.15, 0.2) is 0 Å². The molecule has 0 saturated carbocycles. The first kappa shape index (κ1) is 23.3. The van der Waals surface area contributed by atoms with Gasteiger partial charge in [0, 0.05) is 23.8 Å². The second-order valence-corrected chi connectivity index (χ2v) is 5.55. The molecule has 0 bridgehead atoms. The quantitative estimate of drug-likeness (QED) is 0.661. The van der Waals surface area contributed by atoms with E-state index in [1.54, 1.807) is 0 Å². The van der Waals surface area contributed by atoms with Crippen LogP contribution in [0.2, 0.25) is 0 Å². The Kier molecular flexibility index (Phi) is 12.3. The van der Waals surface area contributed by atoms with Crippen LogP contribution in [-0.2, 0) is 0 Å². The monoisotopic (exact) mass is 349 g/mol. The second kappa shape index (κ2) is 11.6. The fourth-order valence-corrected chi connectivity index (χ4v) is 1.85. The fourth-order valence-electron chi connectivity index (χ4n) is 1.85. The number of amides is 1. The zero-order valence-corrected chi connectivity index (χ0v) is 15.4. The zero-order valence-electron chi connectivity index (χ0n) is 13.8. The molecule has 1 atom stereocenters. The third-order valence-electron chi connectivity index (χ3n) is 3.63. The number of anilines is 1. The maximum atomic E-state index is 12.1. The van der Waals surface area contributed by atoms with E-state index in [2.05, 4.69) is 31.4 Å². The highest BCUT2D eigenvalue weighted by atomic mass is 35.5. The first-order chi connectivity index (χ1) is 9.47. The molecule has 0 saturated heterocycles. The minimum absolute atomic E-state index is 0. The number of carbonyl (C=O) groups is 1. The van der Waals surface area contributed by atoms with Crippen molar-refractivity contribution in [1.82, 2.24) is 5.32 Å². The molecule has 0 fully saturated rings. The van der Waals surface area contributed by atoms with Crippen LogP contribution >= 0.6 is 24.8 Å². The van der Waals surface area contributed by atoms with Crippen molar-refractivity contribution in [2.75, 3.05) is 18.4 Å². The number of carbonyl (C=O) groups excluding carboxylic acids is 1. The summed E-state index contributed by atoms with van der Waals surface area (Å²) in [6, 6.07) is 6.16. The lowest BCUT2D eigenvalue weighted by Crippen LogP contribution is -2.27. The smallest absolute Gasteiger partial charge is 0.251 e. The average Bonchev–Trinajstić information content (AvgIpc) is 2.41. The number of benzene rings is 1. The molecule has 1 amide bonds. The summed E-state index contributed by atoms with van der Waals surface area (Å²) in [7, 11) is 0. The summed E-state index contributed by atoms with van der Waals surface area (Å²) < 4.78 is 0. The molecule has 1 unspecified atom stereocenters. The van der Waals surface area contributed by atoms with Gasteiger partial charge in [-0.3, -0.25) is 4.79 Å². The van der Waals surface area contributed by atoms with Crippen LogP contribution in [0.25, 0.3) is 0 Å². The lowest BCUT2D eigenvalue weighted by Gasteiger charge is -2.21. The van der Waals surface area contributed by atoms with Gasteiger partial charge in [0.05, 0.1) is 0 Å². The molecule has 1 rings (SSSR count). The van der Waals surface area contributed by atoms with Gasteiger partial charge in [-0.05, 0) is 50.4 Å². The van der Waals surface area contributed by atoms with Crippen LogP contribution < -0.4 is 16.4 Å². The van der Waals surface area contributed by atoms with E-state index < -0.39 is 0 Å². The number of nitrogens with two attached hydrogens (primary N) is 1. The Balaban J connectivity index is 0. The van der Waals surface area contributed by atoms with E-state index in [-0.39, 0.29) is 30.7 Å². The highest BCUT2D eigenvalue weighted by molar-refractivity contribution is 5.97. The maximum Gasteiger partial charge on any atom is 0.251 e. The molecule has 1 aromatic carbocycles. The SMILES string of the molecule is Cc1c(NC(C)C(C)C)cccc1C(=O)NCCCN.Cl.Cl. The van der Waals surface area contributed by atoms with Crippen molar-refractivity contribution in [3.63, 3.8) is 0 Å². The summed E-state index contributed by atoms with van der Waals surface area (Å²) in [6.07, 6.45) is 0.799. The van der Waals surface area contributed by atoms with Gasteiger partial charge in [-0.2, -0.15) is 0 Å². The zero-order chi connectivity index (χ0) is 15.1. The average molecular weight is 350 g/mol. The predicted octanol–water partition coefficient (Wildman–Crippen LogP) is 3.37. The van der Waals surface area contributed by atoms with Crippen LogP contribution in [0.4, 0.5) is 5.69 Å². The van der Waals surface area contributed by atoms with Crippen LogP contribution in [0.3, 0.4) is 0 Å². The first-order valence-corrected chi connectivity index (χ1v) is 7.31. The van der Waals surface area contributed by atoms with Gasteiger partial charge in [-0.15, -0.1) is 24.8 Å². The molecule has 0 aliphatic carbocycles. The third kappa shape index (κ3) is 6.86. The molecule has 0 aliphatic heterocycles. The van der Waals surface area contributed by atoms with E-state index in [1.807, 2.05) is 25.1 Å². The molecule has 0 aromatic heterocycles. The Morgan fingerprint density at radius 3 is 2.41 bits per heavy atom. The van der Waals surface area contributed by atoms with Crippen molar-refractivity contribution in [2.45, 2.75) is 40.2 Å².